The highest BCUT2D eigenvalue weighted by molar-refractivity contribution is 5.87. The second kappa shape index (κ2) is 3.66. The lowest BCUT2D eigenvalue weighted by Crippen LogP contribution is -1.99. The van der Waals surface area contributed by atoms with Crippen LogP contribution in [0.25, 0.3) is 16.9 Å². The average Bonchev–Trinajstić information content (AvgIpc) is 2.97. The predicted molar refractivity (Wildman–Crippen MR) is 62.6 cm³/mol. The Morgan fingerprint density at radius 1 is 1.39 bits per heavy atom. The Bertz CT molecular complexity index is 743. The maximum atomic E-state index is 10.8. The van der Waals surface area contributed by atoms with Gasteiger partial charge in [-0.1, -0.05) is 0 Å². The maximum Gasteiger partial charge on any atom is 0.338 e. The summed E-state index contributed by atoms with van der Waals surface area (Å²) in [5, 5.41) is 12.9. The van der Waals surface area contributed by atoms with Crippen LogP contribution in [0, 0.1) is 0 Å². The fourth-order valence-corrected chi connectivity index (χ4v) is 1.76. The van der Waals surface area contributed by atoms with Crippen molar-refractivity contribution in [3.05, 3.63) is 36.5 Å². The third-order valence-electron chi connectivity index (χ3n) is 2.67. The first-order chi connectivity index (χ1) is 8.66. The number of fused-ring (bicyclic) bond motifs is 1. The number of rotatable bonds is 2. The monoisotopic (exact) mass is 243 g/mol. The zero-order valence-electron chi connectivity index (χ0n) is 9.48. The number of aromatic nitrogens is 5. The third kappa shape index (κ3) is 1.45. The molecule has 0 spiro atoms. The molecule has 0 aliphatic heterocycles. The van der Waals surface area contributed by atoms with E-state index in [9.17, 15) is 4.79 Å². The van der Waals surface area contributed by atoms with Crippen molar-refractivity contribution in [1.29, 1.82) is 0 Å². The number of carboxylic acids is 1. The first kappa shape index (κ1) is 10.5. The van der Waals surface area contributed by atoms with Gasteiger partial charge in [-0.2, -0.15) is 5.10 Å². The van der Waals surface area contributed by atoms with Crippen molar-refractivity contribution < 1.29 is 9.90 Å². The highest BCUT2D eigenvalue weighted by Gasteiger charge is 2.12. The van der Waals surface area contributed by atoms with Gasteiger partial charge < -0.3 is 9.67 Å². The number of imidazole rings is 1. The van der Waals surface area contributed by atoms with E-state index < -0.39 is 5.97 Å². The SMILES string of the molecule is Cn1cnc2c(-n3cc(C(=O)O)cn3)nccc21. The van der Waals surface area contributed by atoms with Crippen LogP contribution >= 0.6 is 0 Å². The fraction of sp³-hybridized carbons (Fsp3) is 0.0909. The number of nitrogens with zero attached hydrogens (tertiary/aromatic N) is 5. The summed E-state index contributed by atoms with van der Waals surface area (Å²) < 4.78 is 3.28. The Labute approximate surface area is 101 Å². The van der Waals surface area contributed by atoms with E-state index in [0.29, 0.717) is 11.3 Å². The van der Waals surface area contributed by atoms with Gasteiger partial charge in [0.2, 0.25) is 0 Å². The number of pyridine rings is 1. The molecule has 18 heavy (non-hydrogen) atoms. The molecule has 3 aromatic rings. The molecule has 3 heterocycles. The Morgan fingerprint density at radius 3 is 2.94 bits per heavy atom. The van der Waals surface area contributed by atoms with Crippen molar-refractivity contribution in [1.82, 2.24) is 24.3 Å². The number of hydrogen-bond acceptors (Lipinski definition) is 4. The minimum Gasteiger partial charge on any atom is -0.478 e. The number of aryl methyl sites for hydroxylation is 1. The molecule has 3 rings (SSSR count). The predicted octanol–water partition coefficient (Wildman–Crippen LogP) is 0.852. The fourth-order valence-electron chi connectivity index (χ4n) is 1.76. The van der Waals surface area contributed by atoms with E-state index in [1.807, 2.05) is 17.7 Å². The van der Waals surface area contributed by atoms with Gasteiger partial charge in [-0.05, 0) is 6.07 Å². The van der Waals surface area contributed by atoms with Crippen LogP contribution in [0.15, 0.2) is 31.0 Å². The van der Waals surface area contributed by atoms with Gasteiger partial charge >= 0.3 is 5.97 Å². The topological polar surface area (TPSA) is 85.8 Å². The summed E-state index contributed by atoms with van der Waals surface area (Å²) in [5.41, 5.74) is 1.71. The van der Waals surface area contributed by atoms with Gasteiger partial charge in [0.25, 0.3) is 0 Å². The second-order valence-electron chi connectivity index (χ2n) is 3.84. The minimum absolute atomic E-state index is 0.115. The van der Waals surface area contributed by atoms with Gasteiger partial charge in [0.15, 0.2) is 5.82 Å². The summed E-state index contributed by atoms with van der Waals surface area (Å²) in [5.74, 6) is -0.505. The molecule has 1 N–H and O–H groups in total. The maximum absolute atomic E-state index is 10.8. The van der Waals surface area contributed by atoms with Crippen LogP contribution in [-0.2, 0) is 7.05 Å². The average molecular weight is 243 g/mol. The van der Waals surface area contributed by atoms with E-state index in [-0.39, 0.29) is 5.56 Å². The standard InChI is InChI=1S/C11H9N5O2/c1-15-6-13-9-8(15)2-3-12-10(9)16-5-7(4-14-16)11(17)18/h2-6H,1H3,(H,17,18). The third-order valence-corrected chi connectivity index (χ3v) is 2.67. The van der Waals surface area contributed by atoms with Crippen LogP contribution in [0.1, 0.15) is 10.4 Å². The molecule has 3 aromatic heterocycles. The van der Waals surface area contributed by atoms with Crippen LogP contribution in [0.2, 0.25) is 0 Å². The Hall–Kier alpha value is -2.70. The van der Waals surface area contributed by atoms with Gasteiger partial charge in [0.1, 0.15) is 5.52 Å². The van der Waals surface area contributed by atoms with Crippen molar-refractivity contribution in [3.8, 4) is 5.82 Å². The van der Waals surface area contributed by atoms with Gasteiger partial charge in [0.05, 0.1) is 23.6 Å². The highest BCUT2D eigenvalue weighted by atomic mass is 16.4. The molecule has 7 nitrogen and oxygen atoms in total. The number of carbonyl (C=O) groups is 1. The Kier molecular flexibility index (Phi) is 2.12. The summed E-state index contributed by atoms with van der Waals surface area (Å²) in [7, 11) is 1.88. The molecule has 0 amide bonds. The van der Waals surface area contributed by atoms with Crippen molar-refractivity contribution in [2.75, 3.05) is 0 Å². The minimum atomic E-state index is -1.02. The van der Waals surface area contributed by atoms with E-state index >= 15 is 0 Å². The van der Waals surface area contributed by atoms with Gasteiger partial charge in [-0.15, -0.1) is 0 Å². The molecule has 7 heteroatoms. The molecular formula is C11H9N5O2. The van der Waals surface area contributed by atoms with Gasteiger partial charge in [0, 0.05) is 19.4 Å². The zero-order valence-corrected chi connectivity index (χ0v) is 9.48. The molecule has 0 aromatic carbocycles. The van der Waals surface area contributed by atoms with Crippen LogP contribution in [0.3, 0.4) is 0 Å². The molecule has 0 atom stereocenters. The molecule has 0 aliphatic carbocycles. The number of carboxylic acid groups (broad SMARTS) is 1. The number of hydrogen-bond donors (Lipinski definition) is 1. The van der Waals surface area contributed by atoms with Gasteiger partial charge in [-0.25, -0.2) is 19.4 Å². The van der Waals surface area contributed by atoms with E-state index in [0.717, 1.165) is 5.52 Å². The molecule has 0 saturated heterocycles. The normalized spacial score (nSPS) is 10.9. The Morgan fingerprint density at radius 2 is 2.22 bits per heavy atom. The molecule has 0 unspecified atom stereocenters. The molecule has 0 bridgehead atoms. The van der Waals surface area contributed by atoms with Crippen LogP contribution in [0.4, 0.5) is 0 Å². The first-order valence-corrected chi connectivity index (χ1v) is 5.21. The van der Waals surface area contributed by atoms with Crippen molar-refractivity contribution in [3.63, 3.8) is 0 Å². The van der Waals surface area contributed by atoms with E-state index in [2.05, 4.69) is 15.1 Å². The van der Waals surface area contributed by atoms with Crippen LogP contribution in [-0.4, -0.2) is 35.4 Å². The molecule has 0 radical (unpaired) electrons. The van der Waals surface area contributed by atoms with Crippen LogP contribution in [0.5, 0.6) is 0 Å². The highest BCUT2D eigenvalue weighted by Crippen LogP contribution is 2.17. The lowest BCUT2D eigenvalue weighted by Gasteiger charge is -2.01. The van der Waals surface area contributed by atoms with E-state index in [1.165, 1.54) is 17.1 Å². The molecule has 90 valence electrons. The first-order valence-electron chi connectivity index (χ1n) is 5.21. The smallest absolute Gasteiger partial charge is 0.338 e. The summed E-state index contributed by atoms with van der Waals surface area (Å²) in [4.78, 5) is 19.3. The zero-order chi connectivity index (χ0) is 12.7. The second-order valence-corrected chi connectivity index (χ2v) is 3.84. The summed E-state index contributed by atoms with van der Waals surface area (Å²) >= 11 is 0. The lowest BCUT2D eigenvalue weighted by atomic mass is 10.3. The molecule has 0 fully saturated rings. The summed E-state index contributed by atoms with van der Waals surface area (Å²) in [6.07, 6.45) is 6.02. The largest absolute Gasteiger partial charge is 0.478 e. The van der Waals surface area contributed by atoms with Crippen molar-refractivity contribution >= 4 is 17.0 Å². The quantitative estimate of drug-likeness (QED) is 0.721. The lowest BCUT2D eigenvalue weighted by molar-refractivity contribution is 0.0697. The van der Waals surface area contributed by atoms with Crippen LogP contribution < -0.4 is 0 Å². The summed E-state index contributed by atoms with van der Waals surface area (Å²) in [6.45, 7) is 0. The van der Waals surface area contributed by atoms with E-state index in [4.69, 9.17) is 5.11 Å². The molecule has 0 saturated carbocycles. The van der Waals surface area contributed by atoms with Crippen molar-refractivity contribution in [2.24, 2.45) is 7.05 Å². The Balaban J connectivity index is 2.21. The molecule has 0 aliphatic rings. The summed E-state index contributed by atoms with van der Waals surface area (Å²) in [6, 6.07) is 1.84. The van der Waals surface area contributed by atoms with Crippen molar-refractivity contribution in [2.45, 2.75) is 0 Å². The van der Waals surface area contributed by atoms with Gasteiger partial charge in [-0.3, -0.25) is 0 Å². The molecular weight excluding hydrogens is 234 g/mol. The van der Waals surface area contributed by atoms with E-state index in [1.54, 1.807) is 12.5 Å². The number of aromatic carboxylic acids is 1.